The van der Waals surface area contributed by atoms with Gasteiger partial charge in [0.1, 0.15) is 0 Å². The molecule has 1 heteroatoms. The smallest absolute Gasteiger partial charge is 0.0361 e. The SMILES string of the molecule is CCC[C@@](C)(c1ccccc1)[C@](C)(CCC)c1ccc(N(C)C)cc1. The van der Waals surface area contributed by atoms with Crippen molar-refractivity contribution in [2.24, 2.45) is 0 Å². The minimum absolute atomic E-state index is 0.115. The Labute approximate surface area is 155 Å². The van der Waals surface area contributed by atoms with Gasteiger partial charge >= 0.3 is 0 Å². The van der Waals surface area contributed by atoms with E-state index in [4.69, 9.17) is 0 Å². The van der Waals surface area contributed by atoms with Crippen LogP contribution in [0.4, 0.5) is 5.69 Å². The van der Waals surface area contributed by atoms with Gasteiger partial charge in [-0.25, -0.2) is 0 Å². The van der Waals surface area contributed by atoms with E-state index in [1.54, 1.807) is 0 Å². The lowest BCUT2D eigenvalue weighted by Gasteiger charge is -2.48. The van der Waals surface area contributed by atoms with Gasteiger partial charge in [-0.15, -0.1) is 0 Å². The molecule has 2 aromatic rings. The first-order chi connectivity index (χ1) is 11.9. The van der Waals surface area contributed by atoms with Crippen LogP contribution in [-0.4, -0.2) is 14.1 Å². The highest BCUT2D eigenvalue weighted by Gasteiger charge is 2.45. The summed E-state index contributed by atoms with van der Waals surface area (Å²) in [4.78, 5) is 2.17. The number of anilines is 1. The van der Waals surface area contributed by atoms with Crippen molar-refractivity contribution in [3.63, 3.8) is 0 Å². The molecule has 136 valence electrons. The predicted octanol–water partition coefficient (Wildman–Crippen LogP) is 6.57. The standard InChI is InChI=1S/C24H35N/c1-7-18-23(3,20-12-10-9-11-13-20)24(4,19-8-2)21-14-16-22(17-15-21)25(5)6/h9-17H,7-8,18-19H2,1-6H3/t23-,24+/m0/s1. The maximum atomic E-state index is 2.48. The molecular weight excluding hydrogens is 302 g/mol. The minimum Gasteiger partial charge on any atom is -0.378 e. The maximum Gasteiger partial charge on any atom is 0.0361 e. The molecule has 0 saturated carbocycles. The number of hydrogen-bond donors (Lipinski definition) is 0. The van der Waals surface area contributed by atoms with Crippen molar-refractivity contribution in [2.45, 2.75) is 64.2 Å². The molecule has 0 aliphatic rings. The van der Waals surface area contributed by atoms with Gasteiger partial charge < -0.3 is 4.90 Å². The van der Waals surface area contributed by atoms with E-state index >= 15 is 0 Å². The van der Waals surface area contributed by atoms with Crippen LogP contribution in [0, 0.1) is 0 Å². The van der Waals surface area contributed by atoms with Crippen molar-refractivity contribution >= 4 is 5.69 Å². The number of hydrogen-bond acceptors (Lipinski definition) is 1. The Morgan fingerprint density at radius 2 is 1.12 bits per heavy atom. The maximum absolute atomic E-state index is 2.48. The Morgan fingerprint density at radius 1 is 0.680 bits per heavy atom. The summed E-state index contributed by atoms with van der Waals surface area (Å²) in [5.41, 5.74) is 4.42. The monoisotopic (exact) mass is 337 g/mol. The van der Waals surface area contributed by atoms with Crippen molar-refractivity contribution in [3.8, 4) is 0 Å². The lowest BCUT2D eigenvalue weighted by molar-refractivity contribution is 0.216. The molecule has 0 bridgehead atoms. The lowest BCUT2D eigenvalue weighted by Crippen LogP contribution is -2.45. The largest absolute Gasteiger partial charge is 0.378 e. The van der Waals surface area contributed by atoms with Crippen LogP contribution >= 0.6 is 0 Å². The van der Waals surface area contributed by atoms with Gasteiger partial charge in [-0.2, -0.15) is 0 Å². The average molecular weight is 338 g/mol. The lowest BCUT2D eigenvalue weighted by atomic mass is 9.55. The molecule has 1 nitrogen and oxygen atoms in total. The van der Waals surface area contributed by atoms with E-state index in [1.807, 2.05) is 0 Å². The minimum atomic E-state index is 0.115. The Kier molecular flexibility index (Phi) is 6.32. The summed E-state index contributed by atoms with van der Waals surface area (Å²) in [5.74, 6) is 0. The second kappa shape index (κ2) is 8.08. The zero-order valence-electron chi connectivity index (χ0n) is 17.0. The molecule has 0 spiro atoms. The second-order valence-electron chi connectivity index (χ2n) is 7.97. The van der Waals surface area contributed by atoms with Gasteiger partial charge in [0.2, 0.25) is 0 Å². The van der Waals surface area contributed by atoms with Gasteiger partial charge in [0.05, 0.1) is 0 Å². The van der Waals surface area contributed by atoms with E-state index in [-0.39, 0.29) is 10.8 Å². The van der Waals surface area contributed by atoms with Crippen LogP contribution in [0.3, 0.4) is 0 Å². The number of benzene rings is 2. The third-order valence-electron chi connectivity index (χ3n) is 6.15. The van der Waals surface area contributed by atoms with Gasteiger partial charge in [-0.3, -0.25) is 0 Å². The Balaban J connectivity index is 2.58. The third-order valence-corrected chi connectivity index (χ3v) is 6.15. The Bertz CT molecular complexity index is 644. The normalized spacial score (nSPS) is 16.1. The number of rotatable bonds is 8. The zero-order chi connectivity index (χ0) is 18.5. The Morgan fingerprint density at radius 3 is 1.52 bits per heavy atom. The summed E-state index contributed by atoms with van der Waals surface area (Å²) in [6.07, 6.45) is 4.78. The van der Waals surface area contributed by atoms with Crippen LogP contribution in [-0.2, 0) is 10.8 Å². The van der Waals surface area contributed by atoms with E-state index < -0.39 is 0 Å². The van der Waals surface area contributed by atoms with Crippen molar-refractivity contribution < 1.29 is 0 Å². The van der Waals surface area contributed by atoms with Crippen LogP contribution in [0.2, 0.25) is 0 Å². The summed E-state index contributed by atoms with van der Waals surface area (Å²) in [6, 6.07) is 20.4. The fourth-order valence-electron chi connectivity index (χ4n) is 4.41. The van der Waals surface area contributed by atoms with Crippen LogP contribution in [0.15, 0.2) is 54.6 Å². The van der Waals surface area contributed by atoms with Gasteiger partial charge in [-0.1, -0.05) is 83.0 Å². The van der Waals surface area contributed by atoms with Crippen LogP contribution < -0.4 is 4.90 Å². The molecule has 0 N–H and O–H groups in total. The highest BCUT2D eigenvalue weighted by Crippen LogP contribution is 2.50. The molecule has 2 atom stereocenters. The molecule has 0 fully saturated rings. The van der Waals surface area contributed by atoms with Crippen LogP contribution in [0.5, 0.6) is 0 Å². The summed E-state index contributed by atoms with van der Waals surface area (Å²) >= 11 is 0. The first kappa shape index (κ1) is 19.6. The highest BCUT2D eigenvalue weighted by atomic mass is 15.1. The van der Waals surface area contributed by atoms with E-state index in [0.717, 1.165) is 0 Å². The molecule has 0 aromatic heterocycles. The fraction of sp³-hybridized carbons (Fsp3) is 0.500. The number of nitrogens with zero attached hydrogens (tertiary/aromatic N) is 1. The first-order valence-electron chi connectivity index (χ1n) is 9.72. The van der Waals surface area contributed by atoms with E-state index in [0.29, 0.717) is 0 Å². The second-order valence-corrected chi connectivity index (χ2v) is 7.97. The van der Waals surface area contributed by atoms with Gasteiger partial charge in [-0.05, 0) is 36.1 Å². The van der Waals surface area contributed by atoms with Crippen molar-refractivity contribution in [2.75, 3.05) is 19.0 Å². The molecule has 0 aliphatic carbocycles. The van der Waals surface area contributed by atoms with E-state index in [1.165, 1.54) is 42.5 Å². The molecule has 0 heterocycles. The van der Waals surface area contributed by atoms with E-state index in [2.05, 4.69) is 101 Å². The molecule has 0 radical (unpaired) electrons. The van der Waals surface area contributed by atoms with E-state index in [9.17, 15) is 0 Å². The molecule has 0 saturated heterocycles. The zero-order valence-corrected chi connectivity index (χ0v) is 17.0. The summed E-state index contributed by atoms with van der Waals surface area (Å²) in [7, 11) is 4.21. The van der Waals surface area contributed by atoms with Crippen molar-refractivity contribution in [1.29, 1.82) is 0 Å². The molecule has 0 aliphatic heterocycles. The van der Waals surface area contributed by atoms with Crippen molar-refractivity contribution in [3.05, 3.63) is 65.7 Å². The molecule has 2 rings (SSSR count). The third kappa shape index (κ3) is 3.76. The quantitative estimate of drug-likeness (QED) is 0.526. The first-order valence-corrected chi connectivity index (χ1v) is 9.72. The fourth-order valence-corrected chi connectivity index (χ4v) is 4.41. The average Bonchev–Trinajstić information content (AvgIpc) is 2.62. The predicted molar refractivity (Wildman–Crippen MR) is 112 cm³/mol. The molecule has 0 amide bonds. The van der Waals surface area contributed by atoms with Crippen molar-refractivity contribution in [1.82, 2.24) is 0 Å². The summed E-state index contributed by atoms with van der Waals surface area (Å²) < 4.78 is 0. The van der Waals surface area contributed by atoms with Crippen LogP contribution in [0.1, 0.15) is 64.5 Å². The molecule has 25 heavy (non-hydrogen) atoms. The highest BCUT2D eigenvalue weighted by molar-refractivity contribution is 5.49. The molecule has 2 aromatic carbocycles. The topological polar surface area (TPSA) is 3.24 Å². The van der Waals surface area contributed by atoms with Gasteiger partial charge in [0, 0.05) is 30.6 Å². The van der Waals surface area contributed by atoms with Gasteiger partial charge in [0.25, 0.3) is 0 Å². The molecule has 0 unspecified atom stereocenters. The van der Waals surface area contributed by atoms with Gasteiger partial charge in [0.15, 0.2) is 0 Å². The van der Waals surface area contributed by atoms with Crippen LogP contribution in [0.25, 0.3) is 0 Å². The molecular formula is C24H35N. The summed E-state index contributed by atoms with van der Waals surface area (Å²) in [6.45, 7) is 9.57. The summed E-state index contributed by atoms with van der Waals surface area (Å²) in [5, 5.41) is 0. The Hall–Kier alpha value is -1.76.